The van der Waals surface area contributed by atoms with Crippen LogP contribution in [0.5, 0.6) is 5.75 Å². The lowest BCUT2D eigenvalue weighted by molar-refractivity contribution is -0.134. The van der Waals surface area contributed by atoms with Gasteiger partial charge in [-0.25, -0.2) is 4.79 Å². The molecule has 6 nitrogen and oxygen atoms in total. The largest absolute Gasteiger partial charge is 0.481 e. The molecule has 0 atom stereocenters. The molecule has 6 heteroatoms. The van der Waals surface area contributed by atoms with Gasteiger partial charge in [-0.2, -0.15) is 0 Å². The van der Waals surface area contributed by atoms with Gasteiger partial charge in [0.1, 0.15) is 5.56 Å². The quantitative estimate of drug-likeness (QED) is 0.883. The zero-order chi connectivity index (χ0) is 13.7. The predicted octanol–water partition coefficient (Wildman–Crippen LogP) is 1.17. The number of pyridine rings is 1. The first-order valence-corrected chi connectivity index (χ1v) is 6.26. The maximum atomic E-state index is 11.9. The molecule has 1 aromatic heterocycles. The normalized spacial score (nSPS) is 15.1. The van der Waals surface area contributed by atoms with Gasteiger partial charge in [-0.05, 0) is 25.3 Å². The Hall–Kier alpha value is -2.11. The van der Waals surface area contributed by atoms with Crippen molar-refractivity contribution in [2.45, 2.75) is 19.3 Å². The van der Waals surface area contributed by atoms with Gasteiger partial charge in [0.05, 0.1) is 6.20 Å². The molecule has 1 amide bonds. The van der Waals surface area contributed by atoms with Crippen LogP contribution >= 0.6 is 0 Å². The van der Waals surface area contributed by atoms with E-state index in [0.29, 0.717) is 0 Å². The summed E-state index contributed by atoms with van der Waals surface area (Å²) in [5.41, 5.74) is 0.0152. The van der Waals surface area contributed by atoms with Crippen molar-refractivity contribution in [3.8, 4) is 5.75 Å². The highest BCUT2D eigenvalue weighted by molar-refractivity contribution is 5.90. The van der Waals surface area contributed by atoms with E-state index in [4.69, 9.17) is 9.84 Å². The second kappa shape index (κ2) is 6.17. The monoisotopic (exact) mass is 264 g/mol. The van der Waals surface area contributed by atoms with Crippen LogP contribution in [0.15, 0.2) is 18.5 Å². The summed E-state index contributed by atoms with van der Waals surface area (Å²) in [4.78, 5) is 28.4. The second-order valence-electron chi connectivity index (χ2n) is 4.41. The summed E-state index contributed by atoms with van der Waals surface area (Å²) in [5.74, 6) is -1.08. The average molecular weight is 264 g/mol. The van der Waals surface area contributed by atoms with E-state index in [-0.39, 0.29) is 23.8 Å². The molecular formula is C13H16N2O4. The minimum absolute atomic E-state index is 0.0152. The number of carbonyl (C=O) groups is 2. The molecule has 0 aromatic carbocycles. The molecule has 0 spiro atoms. The van der Waals surface area contributed by atoms with Gasteiger partial charge < -0.3 is 14.7 Å². The van der Waals surface area contributed by atoms with E-state index in [1.807, 2.05) is 0 Å². The zero-order valence-electron chi connectivity index (χ0n) is 10.5. The van der Waals surface area contributed by atoms with E-state index in [0.717, 1.165) is 32.4 Å². The molecule has 0 aliphatic carbocycles. The van der Waals surface area contributed by atoms with Crippen molar-refractivity contribution >= 4 is 11.9 Å². The van der Waals surface area contributed by atoms with Crippen molar-refractivity contribution in [2.75, 3.05) is 19.7 Å². The molecule has 0 radical (unpaired) electrons. The summed E-state index contributed by atoms with van der Waals surface area (Å²) in [5, 5.41) is 8.98. The SMILES string of the molecule is O=C(O)c1ccncc1OCC(=O)N1CCCCC1. The highest BCUT2D eigenvalue weighted by atomic mass is 16.5. The standard InChI is InChI=1S/C13H16N2O4/c16-12(15-6-2-1-3-7-15)9-19-11-8-14-5-4-10(11)13(17)18/h4-5,8H,1-3,6-7,9H2,(H,17,18). The summed E-state index contributed by atoms with van der Waals surface area (Å²) in [7, 11) is 0. The number of hydrogen-bond donors (Lipinski definition) is 1. The van der Waals surface area contributed by atoms with Crippen LogP contribution in [0, 0.1) is 0 Å². The minimum Gasteiger partial charge on any atom is -0.481 e. The number of rotatable bonds is 4. The first kappa shape index (κ1) is 13.3. The van der Waals surface area contributed by atoms with Gasteiger partial charge in [-0.1, -0.05) is 0 Å². The van der Waals surface area contributed by atoms with Crippen LogP contribution in [0.2, 0.25) is 0 Å². The fraction of sp³-hybridized carbons (Fsp3) is 0.462. The molecule has 2 rings (SSSR count). The van der Waals surface area contributed by atoms with Crippen LogP contribution in [0.4, 0.5) is 0 Å². The van der Waals surface area contributed by atoms with E-state index >= 15 is 0 Å². The van der Waals surface area contributed by atoms with Gasteiger partial charge in [0.15, 0.2) is 12.4 Å². The fourth-order valence-corrected chi connectivity index (χ4v) is 2.05. The Morgan fingerprint density at radius 2 is 2.05 bits per heavy atom. The molecule has 1 aromatic rings. The molecule has 0 unspecified atom stereocenters. The number of carbonyl (C=O) groups excluding carboxylic acids is 1. The smallest absolute Gasteiger partial charge is 0.339 e. The molecule has 1 aliphatic rings. The molecule has 1 N–H and O–H groups in total. The molecule has 0 bridgehead atoms. The lowest BCUT2D eigenvalue weighted by Crippen LogP contribution is -2.38. The van der Waals surface area contributed by atoms with Gasteiger partial charge >= 0.3 is 5.97 Å². The van der Waals surface area contributed by atoms with E-state index < -0.39 is 5.97 Å². The van der Waals surface area contributed by atoms with Gasteiger partial charge in [0, 0.05) is 19.3 Å². The molecule has 102 valence electrons. The van der Waals surface area contributed by atoms with Crippen LogP contribution in [0.25, 0.3) is 0 Å². The number of piperidine rings is 1. The van der Waals surface area contributed by atoms with Crippen LogP contribution in [-0.4, -0.2) is 46.6 Å². The summed E-state index contributed by atoms with van der Waals surface area (Å²) in [6, 6.07) is 1.35. The molecule has 0 saturated carbocycles. The molecule has 1 saturated heterocycles. The Morgan fingerprint density at radius 1 is 1.32 bits per heavy atom. The number of nitrogens with zero attached hydrogens (tertiary/aromatic N) is 2. The molecule has 2 heterocycles. The Labute approximate surface area is 111 Å². The van der Waals surface area contributed by atoms with Crippen molar-refractivity contribution in [3.05, 3.63) is 24.0 Å². The number of hydrogen-bond acceptors (Lipinski definition) is 4. The maximum Gasteiger partial charge on any atom is 0.339 e. The van der Waals surface area contributed by atoms with Crippen LogP contribution in [0.1, 0.15) is 29.6 Å². The zero-order valence-corrected chi connectivity index (χ0v) is 10.5. The molecule has 19 heavy (non-hydrogen) atoms. The van der Waals surface area contributed by atoms with E-state index in [1.165, 1.54) is 18.5 Å². The van der Waals surface area contributed by atoms with Crippen molar-refractivity contribution < 1.29 is 19.4 Å². The predicted molar refractivity (Wildman–Crippen MR) is 67.1 cm³/mol. The van der Waals surface area contributed by atoms with Crippen molar-refractivity contribution in [1.29, 1.82) is 0 Å². The van der Waals surface area contributed by atoms with Crippen molar-refractivity contribution in [1.82, 2.24) is 9.88 Å². The van der Waals surface area contributed by atoms with E-state index in [1.54, 1.807) is 4.90 Å². The summed E-state index contributed by atoms with van der Waals surface area (Å²) in [6.07, 6.45) is 5.87. The average Bonchev–Trinajstić information content (AvgIpc) is 2.46. The van der Waals surface area contributed by atoms with E-state index in [2.05, 4.69) is 4.98 Å². The number of aromatic nitrogens is 1. The Kier molecular flexibility index (Phi) is 4.33. The first-order valence-electron chi connectivity index (χ1n) is 6.26. The summed E-state index contributed by atoms with van der Waals surface area (Å²) in [6.45, 7) is 1.36. The van der Waals surface area contributed by atoms with Gasteiger partial charge in [-0.3, -0.25) is 9.78 Å². The maximum absolute atomic E-state index is 11.9. The van der Waals surface area contributed by atoms with Gasteiger partial charge in [-0.15, -0.1) is 0 Å². The number of amides is 1. The Balaban J connectivity index is 1.94. The lowest BCUT2D eigenvalue weighted by atomic mass is 10.1. The topological polar surface area (TPSA) is 79.7 Å². The summed E-state index contributed by atoms with van der Waals surface area (Å²) >= 11 is 0. The highest BCUT2D eigenvalue weighted by Gasteiger charge is 2.18. The number of carboxylic acid groups (broad SMARTS) is 1. The minimum atomic E-state index is -1.09. The third-order valence-corrected chi connectivity index (χ3v) is 3.07. The number of aromatic carboxylic acids is 1. The van der Waals surface area contributed by atoms with Crippen molar-refractivity contribution in [2.24, 2.45) is 0 Å². The van der Waals surface area contributed by atoms with Gasteiger partial charge in [0.25, 0.3) is 5.91 Å². The van der Waals surface area contributed by atoms with Crippen LogP contribution in [-0.2, 0) is 4.79 Å². The van der Waals surface area contributed by atoms with Crippen LogP contribution in [0.3, 0.4) is 0 Å². The number of ether oxygens (including phenoxy) is 1. The summed E-state index contributed by atoms with van der Waals surface area (Å²) < 4.78 is 5.28. The van der Waals surface area contributed by atoms with Crippen LogP contribution < -0.4 is 4.74 Å². The number of carboxylic acids is 1. The fourth-order valence-electron chi connectivity index (χ4n) is 2.05. The lowest BCUT2D eigenvalue weighted by Gasteiger charge is -2.26. The molecular weight excluding hydrogens is 248 g/mol. The van der Waals surface area contributed by atoms with Crippen molar-refractivity contribution in [3.63, 3.8) is 0 Å². The second-order valence-corrected chi connectivity index (χ2v) is 4.41. The van der Waals surface area contributed by atoms with Gasteiger partial charge in [0.2, 0.25) is 0 Å². The molecule has 1 fully saturated rings. The molecule has 1 aliphatic heterocycles. The third kappa shape index (κ3) is 3.43. The first-order chi connectivity index (χ1) is 9.18. The Morgan fingerprint density at radius 3 is 2.74 bits per heavy atom. The highest BCUT2D eigenvalue weighted by Crippen LogP contribution is 2.16. The third-order valence-electron chi connectivity index (χ3n) is 3.07. The van der Waals surface area contributed by atoms with E-state index in [9.17, 15) is 9.59 Å². The number of likely N-dealkylation sites (tertiary alicyclic amines) is 1. The Bertz CT molecular complexity index is 469.